The zero-order valence-electron chi connectivity index (χ0n) is 10.2. The number of nitrogens with zero attached hydrogens (tertiary/aromatic N) is 1. The molecule has 0 radical (unpaired) electrons. The van der Waals surface area contributed by atoms with Crippen molar-refractivity contribution >= 4 is 22.4 Å². The van der Waals surface area contributed by atoms with E-state index in [4.69, 9.17) is 16.3 Å². The third-order valence-corrected chi connectivity index (χ3v) is 3.15. The lowest BCUT2D eigenvalue weighted by Gasteiger charge is -2.08. The molecule has 3 heteroatoms. The zero-order chi connectivity index (χ0) is 13.1. The standard InChI is InChI=1S/C16H12ClNO/c17-14-7-6-13-8-9-18-16(15(13)10-14)19-11-12-4-2-1-3-5-12/h1-10H,11H2. The number of hydrogen-bond acceptors (Lipinski definition) is 2. The minimum atomic E-state index is 0.499. The van der Waals surface area contributed by atoms with Gasteiger partial charge in [-0.15, -0.1) is 0 Å². The van der Waals surface area contributed by atoms with E-state index in [1.54, 1.807) is 6.20 Å². The number of benzene rings is 2. The second-order valence-electron chi connectivity index (χ2n) is 4.26. The Hall–Kier alpha value is -2.06. The summed E-state index contributed by atoms with van der Waals surface area (Å²) in [5, 5.41) is 2.69. The molecule has 19 heavy (non-hydrogen) atoms. The van der Waals surface area contributed by atoms with Crippen molar-refractivity contribution in [3.8, 4) is 5.88 Å². The molecular weight excluding hydrogens is 258 g/mol. The zero-order valence-corrected chi connectivity index (χ0v) is 11.0. The summed E-state index contributed by atoms with van der Waals surface area (Å²) in [4.78, 5) is 4.28. The summed E-state index contributed by atoms with van der Waals surface area (Å²) in [5.41, 5.74) is 1.11. The highest BCUT2D eigenvalue weighted by Crippen LogP contribution is 2.26. The number of ether oxygens (including phenoxy) is 1. The monoisotopic (exact) mass is 269 g/mol. The molecule has 1 aromatic heterocycles. The van der Waals surface area contributed by atoms with Crippen LogP contribution in [0.3, 0.4) is 0 Å². The van der Waals surface area contributed by atoms with Crippen LogP contribution in [0.15, 0.2) is 60.8 Å². The van der Waals surface area contributed by atoms with Crippen molar-refractivity contribution in [2.45, 2.75) is 6.61 Å². The lowest BCUT2D eigenvalue weighted by molar-refractivity contribution is 0.298. The van der Waals surface area contributed by atoms with Crippen molar-refractivity contribution in [2.75, 3.05) is 0 Å². The smallest absolute Gasteiger partial charge is 0.221 e. The second-order valence-corrected chi connectivity index (χ2v) is 4.69. The van der Waals surface area contributed by atoms with Crippen LogP contribution >= 0.6 is 11.6 Å². The minimum Gasteiger partial charge on any atom is -0.472 e. The van der Waals surface area contributed by atoms with Gasteiger partial charge in [-0.2, -0.15) is 0 Å². The highest BCUT2D eigenvalue weighted by Gasteiger charge is 2.04. The van der Waals surface area contributed by atoms with Crippen LogP contribution in [0.5, 0.6) is 5.88 Å². The summed E-state index contributed by atoms with van der Waals surface area (Å²) in [5.74, 6) is 0.615. The van der Waals surface area contributed by atoms with E-state index >= 15 is 0 Å². The molecule has 1 heterocycles. The molecule has 0 atom stereocenters. The molecule has 2 aromatic carbocycles. The van der Waals surface area contributed by atoms with Gasteiger partial charge in [0, 0.05) is 16.6 Å². The molecule has 0 spiro atoms. The topological polar surface area (TPSA) is 22.1 Å². The molecular formula is C16H12ClNO. The fourth-order valence-corrected chi connectivity index (χ4v) is 2.13. The number of aromatic nitrogens is 1. The molecule has 3 aromatic rings. The van der Waals surface area contributed by atoms with E-state index < -0.39 is 0 Å². The van der Waals surface area contributed by atoms with Crippen LogP contribution in [0.4, 0.5) is 0 Å². The SMILES string of the molecule is Clc1ccc2ccnc(OCc3ccccc3)c2c1. The van der Waals surface area contributed by atoms with Gasteiger partial charge in [-0.05, 0) is 29.1 Å². The van der Waals surface area contributed by atoms with Gasteiger partial charge in [0.15, 0.2) is 0 Å². The van der Waals surface area contributed by atoms with Gasteiger partial charge in [-0.1, -0.05) is 48.0 Å². The van der Waals surface area contributed by atoms with Gasteiger partial charge in [-0.25, -0.2) is 4.98 Å². The van der Waals surface area contributed by atoms with Gasteiger partial charge in [0.1, 0.15) is 6.61 Å². The van der Waals surface area contributed by atoms with E-state index in [9.17, 15) is 0 Å². The Morgan fingerprint density at radius 3 is 2.68 bits per heavy atom. The Labute approximate surface area is 116 Å². The summed E-state index contributed by atoms with van der Waals surface area (Å²) in [7, 11) is 0. The molecule has 0 amide bonds. The Morgan fingerprint density at radius 1 is 1.00 bits per heavy atom. The Kier molecular flexibility index (Phi) is 3.34. The molecule has 0 bridgehead atoms. The summed E-state index contributed by atoms with van der Waals surface area (Å²) in [6.45, 7) is 0.499. The molecule has 2 nitrogen and oxygen atoms in total. The number of pyridine rings is 1. The first kappa shape index (κ1) is 12.0. The fraction of sp³-hybridized carbons (Fsp3) is 0.0625. The van der Waals surface area contributed by atoms with Crippen molar-refractivity contribution in [3.63, 3.8) is 0 Å². The minimum absolute atomic E-state index is 0.499. The molecule has 0 fully saturated rings. The summed E-state index contributed by atoms with van der Waals surface area (Å²) >= 11 is 6.02. The van der Waals surface area contributed by atoms with Crippen molar-refractivity contribution in [3.05, 3.63) is 71.4 Å². The van der Waals surface area contributed by atoms with E-state index in [1.807, 2.05) is 54.6 Å². The van der Waals surface area contributed by atoms with Gasteiger partial charge < -0.3 is 4.74 Å². The van der Waals surface area contributed by atoms with Crippen LogP contribution in [0, 0.1) is 0 Å². The molecule has 3 rings (SSSR count). The second kappa shape index (κ2) is 5.29. The quantitative estimate of drug-likeness (QED) is 0.700. The fourth-order valence-electron chi connectivity index (χ4n) is 1.95. The van der Waals surface area contributed by atoms with Crippen molar-refractivity contribution in [1.29, 1.82) is 0 Å². The molecule has 0 saturated carbocycles. The lowest BCUT2D eigenvalue weighted by Crippen LogP contribution is -1.97. The van der Waals surface area contributed by atoms with Crippen LogP contribution in [0.2, 0.25) is 5.02 Å². The molecule has 0 aliphatic rings. The van der Waals surface area contributed by atoms with E-state index in [2.05, 4.69) is 4.98 Å². The van der Waals surface area contributed by atoms with E-state index in [1.165, 1.54) is 0 Å². The van der Waals surface area contributed by atoms with Crippen LogP contribution in [0.1, 0.15) is 5.56 Å². The van der Waals surface area contributed by atoms with Crippen molar-refractivity contribution in [1.82, 2.24) is 4.98 Å². The maximum absolute atomic E-state index is 6.02. The van der Waals surface area contributed by atoms with Gasteiger partial charge in [0.25, 0.3) is 0 Å². The highest BCUT2D eigenvalue weighted by molar-refractivity contribution is 6.31. The molecule has 0 aliphatic heterocycles. The molecule has 0 saturated heterocycles. The maximum Gasteiger partial charge on any atom is 0.221 e. The van der Waals surface area contributed by atoms with Gasteiger partial charge in [-0.3, -0.25) is 0 Å². The Morgan fingerprint density at radius 2 is 1.84 bits per heavy atom. The number of fused-ring (bicyclic) bond motifs is 1. The first-order valence-corrected chi connectivity index (χ1v) is 6.42. The highest BCUT2D eigenvalue weighted by atomic mass is 35.5. The molecule has 0 aliphatic carbocycles. The predicted octanol–water partition coefficient (Wildman–Crippen LogP) is 4.47. The molecule has 94 valence electrons. The number of halogens is 1. The van der Waals surface area contributed by atoms with E-state index in [0.29, 0.717) is 17.5 Å². The summed E-state index contributed by atoms with van der Waals surface area (Å²) < 4.78 is 5.79. The van der Waals surface area contributed by atoms with Crippen LogP contribution in [0.25, 0.3) is 10.8 Å². The summed E-state index contributed by atoms with van der Waals surface area (Å²) in [6.07, 6.45) is 1.75. The molecule has 0 N–H and O–H groups in total. The molecule has 0 unspecified atom stereocenters. The predicted molar refractivity (Wildman–Crippen MR) is 77.5 cm³/mol. The van der Waals surface area contributed by atoms with Crippen LogP contribution in [-0.4, -0.2) is 4.98 Å². The third kappa shape index (κ3) is 2.69. The normalized spacial score (nSPS) is 10.6. The number of hydrogen-bond donors (Lipinski definition) is 0. The van der Waals surface area contributed by atoms with Gasteiger partial charge in [0.05, 0.1) is 0 Å². The van der Waals surface area contributed by atoms with Gasteiger partial charge >= 0.3 is 0 Å². The van der Waals surface area contributed by atoms with Crippen molar-refractivity contribution < 1.29 is 4.74 Å². The maximum atomic E-state index is 6.02. The van der Waals surface area contributed by atoms with Gasteiger partial charge in [0.2, 0.25) is 5.88 Å². The Balaban J connectivity index is 1.90. The van der Waals surface area contributed by atoms with Crippen molar-refractivity contribution in [2.24, 2.45) is 0 Å². The first-order valence-electron chi connectivity index (χ1n) is 6.04. The lowest BCUT2D eigenvalue weighted by atomic mass is 10.2. The van der Waals surface area contributed by atoms with E-state index in [-0.39, 0.29) is 0 Å². The first-order chi connectivity index (χ1) is 9.33. The Bertz CT molecular complexity index is 697. The average Bonchev–Trinajstić information content (AvgIpc) is 2.46. The summed E-state index contributed by atoms with van der Waals surface area (Å²) in [6, 6.07) is 17.7. The van der Waals surface area contributed by atoms with Crippen LogP contribution in [-0.2, 0) is 6.61 Å². The third-order valence-electron chi connectivity index (χ3n) is 2.91. The largest absolute Gasteiger partial charge is 0.472 e. The average molecular weight is 270 g/mol. The van der Waals surface area contributed by atoms with Crippen LogP contribution < -0.4 is 4.74 Å². The number of rotatable bonds is 3. The van der Waals surface area contributed by atoms with E-state index in [0.717, 1.165) is 16.3 Å².